The molecule has 0 saturated heterocycles. The molecular formula is C21H21ClNO2-. The summed E-state index contributed by atoms with van der Waals surface area (Å²) in [5.41, 5.74) is 4.08. The van der Waals surface area contributed by atoms with Crippen LogP contribution in [0, 0.1) is 0 Å². The van der Waals surface area contributed by atoms with Gasteiger partial charge < -0.3 is 14.9 Å². The highest BCUT2D eigenvalue weighted by Gasteiger charge is 2.20. The van der Waals surface area contributed by atoms with Crippen LogP contribution in [0.5, 0.6) is 0 Å². The van der Waals surface area contributed by atoms with Crippen molar-refractivity contribution in [3.8, 4) is 0 Å². The molecule has 130 valence electrons. The van der Waals surface area contributed by atoms with E-state index in [1.54, 1.807) is 0 Å². The van der Waals surface area contributed by atoms with Crippen molar-refractivity contribution in [2.24, 2.45) is 0 Å². The van der Waals surface area contributed by atoms with Crippen LogP contribution in [0.1, 0.15) is 49.8 Å². The van der Waals surface area contributed by atoms with E-state index in [0.717, 1.165) is 22.0 Å². The maximum absolute atomic E-state index is 11.4. The van der Waals surface area contributed by atoms with Gasteiger partial charge in [0.15, 0.2) is 0 Å². The molecule has 3 aromatic rings. The second-order valence-electron chi connectivity index (χ2n) is 7.43. The smallest absolute Gasteiger partial charge is 0.0458 e. The number of rotatable bonds is 4. The van der Waals surface area contributed by atoms with Gasteiger partial charge in [-0.05, 0) is 46.7 Å². The molecule has 0 aliphatic rings. The van der Waals surface area contributed by atoms with Crippen molar-refractivity contribution in [3.63, 3.8) is 0 Å². The Kier molecular flexibility index (Phi) is 4.61. The number of hydrogen-bond donors (Lipinski definition) is 1. The molecule has 1 atom stereocenters. The molecule has 2 aromatic carbocycles. The highest BCUT2D eigenvalue weighted by Crippen LogP contribution is 2.35. The van der Waals surface area contributed by atoms with Crippen LogP contribution in [-0.4, -0.2) is 11.0 Å². The quantitative estimate of drug-likeness (QED) is 0.755. The molecule has 0 unspecified atom stereocenters. The number of carbonyl (C=O) groups is 1. The van der Waals surface area contributed by atoms with Gasteiger partial charge in [-0.15, -0.1) is 0 Å². The van der Waals surface area contributed by atoms with E-state index in [9.17, 15) is 9.90 Å². The number of aromatic nitrogens is 1. The van der Waals surface area contributed by atoms with Crippen molar-refractivity contribution in [2.75, 3.05) is 0 Å². The molecule has 1 N–H and O–H groups in total. The molecule has 4 heteroatoms. The predicted molar refractivity (Wildman–Crippen MR) is 99.9 cm³/mol. The number of halogens is 1. The maximum atomic E-state index is 11.4. The largest absolute Gasteiger partial charge is 0.550 e. The van der Waals surface area contributed by atoms with Gasteiger partial charge in [0.2, 0.25) is 0 Å². The highest BCUT2D eigenvalue weighted by atomic mass is 35.5. The van der Waals surface area contributed by atoms with Crippen LogP contribution in [0.25, 0.3) is 10.9 Å². The van der Waals surface area contributed by atoms with E-state index < -0.39 is 5.97 Å². The number of fused-ring (bicyclic) bond motifs is 1. The number of nitrogens with one attached hydrogen (secondary N) is 1. The van der Waals surface area contributed by atoms with E-state index in [0.29, 0.717) is 5.02 Å². The van der Waals surface area contributed by atoms with Crippen LogP contribution >= 0.6 is 11.6 Å². The van der Waals surface area contributed by atoms with Crippen molar-refractivity contribution in [1.82, 2.24) is 4.98 Å². The summed E-state index contributed by atoms with van der Waals surface area (Å²) in [6.45, 7) is 6.47. The fraction of sp³-hybridized carbons (Fsp3) is 0.286. The Morgan fingerprint density at radius 1 is 1.16 bits per heavy atom. The molecule has 0 saturated carbocycles. The van der Waals surface area contributed by atoms with Gasteiger partial charge in [0.05, 0.1) is 0 Å². The second kappa shape index (κ2) is 6.57. The topological polar surface area (TPSA) is 55.9 Å². The molecule has 1 heterocycles. The predicted octanol–water partition coefficient (Wildman–Crippen LogP) is 4.39. The monoisotopic (exact) mass is 354 g/mol. The molecule has 0 bridgehead atoms. The minimum Gasteiger partial charge on any atom is -0.550 e. The molecule has 25 heavy (non-hydrogen) atoms. The van der Waals surface area contributed by atoms with Crippen LogP contribution in [0.2, 0.25) is 5.02 Å². The first-order chi connectivity index (χ1) is 11.8. The van der Waals surface area contributed by atoms with E-state index in [4.69, 9.17) is 11.6 Å². The van der Waals surface area contributed by atoms with E-state index >= 15 is 0 Å². The summed E-state index contributed by atoms with van der Waals surface area (Å²) in [7, 11) is 0. The molecule has 0 aliphatic heterocycles. The van der Waals surface area contributed by atoms with Gasteiger partial charge in [0.25, 0.3) is 0 Å². The zero-order chi connectivity index (χ0) is 18.2. The lowest BCUT2D eigenvalue weighted by atomic mass is 9.83. The standard InChI is InChI=1S/C21H22ClNO2/c1-21(2,3)14-6-4-13(5-7-14)16(11-20(24)25)18-12-23-19-9-8-15(22)10-17(18)19/h4-10,12,16,23H,11H2,1-3H3,(H,24,25)/p-1/t16-/m1/s1. The van der Waals surface area contributed by atoms with Crippen molar-refractivity contribution in [3.05, 3.63) is 70.4 Å². The van der Waals surface area contributed by atoms with Crippen LogP contribution in [0.15, 0.2) is 48.7 Å². The van der Waals surface area contributed by atoms with Crippen molar-refractivity contribution < 1.29 is 9.90 Å². The fourth-order valence-corrected chi connectivity index (χ4v) is 3.36. The number of aliphatic carboxylic acids is 1. The molecule has 0 fully saturated rings. The summed E-state index contributed by atoms with van der Waals surface area (Å²) in [5.74, 6) is -1.35. The zero-order valence-corrected chi connectivity index (χ0v) is 15.4. The lowest BCUT2D eigenvalue weighted by molar-refractivity contribution is -0.305. The number of benzene rings is 2. The third kappa shape index (κ3) is 3.72. The number of carbonyl (C=O) groups excluding carboxylic acids is 1. The van der Waals surface area contributed by atoms with E-state index in [1.807, 2.05) is 36.5 Å². The van der Waals surface area contributed by atoms with Crippen LogP contribution < -0.4 is 5.11 Å². The van der Waals surface area contributed by atoms with Gasteiger partial charge in [0.1, 0.15) is 0 Å². The Hall–Kier alpha value is -2.26. The molecular weight excluding hydrogens is 334 g/mol. The average molecular weight is 355 g/mol. The molecule has 0 aliphatic carbocycles. The first-order valence-corrected chi connectivity index (χ1v) is 8.70. The van der Waals surface area contributed by atoms with Gasteiger partial charge in [0, 0.05) is 34.0 Å². The first kappa shape index (κ1) is 17.6. The van der Waals surface area contributed by atoms with Crippen LogP contribution in [0.4, 0.5) is 0 Å². The summed E-state index contributed by atoms with van der Waals surface area (Å²) < 4.78 is 0. The van der Waals surface area contributed by atoms with Gasteiger partial charge in [-0.2, -0.15) is 0 Å². The summed E-state index contributed by atoms with van der Waals surface area (Å²) in [5, 5.41) is 12.9. The normalized spacial score (nSPS) is 13.1. The number of H-pyrrole nitrogens is 1. The fourth-order valence-electron chi connectivity index (χ4n) is 3.19. The second-order valence-corrected chi connectivity index (χ2v) is 7.87. The van der Waals surface area contributed by atoms with E-state index in [1.165, 1.54) is 5.56 Å². The third-order valence-corrected chi connectivity index (χ3v) is 4.84. The van der Waals surface area contributed by atoms with Crippen molar-refractivity contribution >= 4 is 28.5 Å². The molecule has 3 rings (SSSR count). The average Bonchev–Trinajstić information content (AvgIpc) is 2.94. The summed E-state index contributed by atoms with van der Waals surface area (Å²) in [6, 6.07) is 13.7. The lowest BCUT2D eigenvalue weighted by Crippen LogP contribution is -2.25. The summed E-state index contributed by atoms with van der Waals surface area (Å²) in [6.07, 6.45) is 1.79. The van der Waals surface area contributed by atoms with Gasteiger partial charge in [-0.25, -0.2) is 0 Å². The Morgan fingerprint density at radius 3 is 2.44 bits per heavy atom. The summed E-state index contributed by atoms with van der Waals surface area (Å²) in [4.78, 5) is 14.6. The van der Waals surface area contributed by atoms with Gasteiger partial charge in [-0.1, -0.05) is 56.6 Å². The molecule has 1 aromatic heterocycles. The highest BCUT2D eigenvalue weighted by molar-refractivity contribution is 6.31. The SMILES string of the molecule is CC(C)(C)c1ccc([C@@H](CC(=O)[O-])c2c[nH]c3ccc(Cl)cc23)cc1. The molecule has 0 radical (unpaired) electrons. The Morgan fingerprint density at radius 2 is 1.84 bits per heavy atom. The van der Waals surface area contributed by atoms with E-state index in [-0.39, 0.29) is 17.8 Å². The van der Waals surface area contributed by atoms with Crippen molar-refractivity contribution in [2.45, 2.75) is 38.5 Å². The Bertz CT molecular complexity index is 904. The van der Waals surface area contributed by atoms with E-state index in [2.05, 4.69) is 37.9 Å². The Balaban J connectivity index is 2.08. The number of carboxylic acids is 1. The van der Waals surface area contributed by atoms with Crippen molar-refractivity contribution in [1.29, 1.82) is 0 Å². The number of hydrogen-bond acceptors (Lipinski definition) is 2. The first-order valence-electron chi connectivity index (χ1n) is 8.32. The maximum Gasteiger partial charge on any atom is 0.0458 e. The number of carboxylic acid groups (broad SMARTS) is 1. The lowest BCUT2D eigenvalue weighted by Gasteiger charge is -2.22. The molecule has 3 nitrogen and oxygen atoms in total. The van der Waals surface area contributed by atoms with Crippen LogP contribution in [0.3, 0.4) is 0 Å². The minimum atomic E-state index is -1.07. The minimum absolute atomic E-state index is 0.0523. The summed E-state index contributed by atoms with van der Waals surface area (Å²) >= 11 is 6.13. The third-order valence-electron chi connectivity index (χ3n) is 4.60. The van der Waals surface area contributed by atoms with Crippen LogP contribution in [-0.2, 0) is 10.2 Å². The molecule has 0 amide bonds. The van der Waals surface area contributed by atoms with Gasteiger partial charge in [-0.3, -0.25) is 0 Å². The Labute approximate surface area is 152 Å². The molecule has 0 spiro atoms. The van der Waals surface area contributed by atoms with Gasteiger partial charge >= 0.3 is 0 Å². The number of aromatic amines is 1. The zero-order valence-electron chi connectivity index (χ0n) is 14.6.